The minimum absolute atomic E-state index is 0.0101. The number of para-hydroxylation sites is 1. The number of hydrogen-bond donors (Lipinski definition) is 0. The molecule has 2 aromatic rings. The van der Waals surface area contributed by atoms with Crippen molar-refractivity contribution in [1.82, 2.24) is 4.90 Å². The first-order valence-electron chi connectivity index (χ1n) is 9.38. The molecule has 0 spiro atoms. The molecule has 4 rings (SSSR count). The summed E-state index contributed by atoms with van der Waals surface area (Å²) in [5.74, 6) is 0.219. The van der Waals surface area contributed by atoms with Crippen molar-refractivity contribution in [3.63, 3.8) is 0 Å². The van der Waals surface area contributed by atoms with E-state index in [0.29, 0.717) is 0 Å². The average molecular weight is 402 g/mol. The Morgan fingerprint density at radius 3 is 2.63 bits per heavy atom. The van der Waals surface area contributed by atoms with E-state index in [0.717, 1.165) is 49.9 Å². The molecule has 1 unspecified atom stereocenters. The Kier molecular flexibility index (Phi) is 5.62. The standard InChI is InChI=1S/C21H24ClN3OS/c1-23-18-7-2-3-8-19(18)27-20(21(23)26)9-10-24-11-13-25(14-12-24)17-6-4-5-16(22)15-17/h2-8,15,20H,9-14H2,1H3. The topological polar surface area (TPSA) is 26.8 Å². The summed E-state index contributed by atoms with van der Waals surface area (Å²) in [6, 6.07) is 16.2. The number of hydrogen-bond acceptors (Lipinski definition) is 4. The fraction of sp³-hybridized carbons (Fsp3) is 0.381. The first-order chi connectivity index (χ1) is 13.1. The lowest BCUT2D eigenvalue weighted by Crippen LogP contribution is -2.47. The lowest BCUT2D eigenvalue weighted by atomic mass is 10.2. The molecule has 142 valence electrons. The average Bonchev–Trinajstić information content (AvgIpc) is 2.70. The van der Waals surface area contributed by atoms with Crippen LogP contribution in [0.4, 0.5) is 11.4 Å². The number of benzene rings is 2. The number of halogens is 1. The van der Waals surface area contributed by atoms with E-state index < -0.39 is 0 Å². The van der Waals surface area contributed by atoms with Gasteiger partial charge in [0, 0.05) is 48.8 Å². The second-order valence-corrected chi connectivity index (χ2v) is 8.75. The molecule has 0 bridgehead atoms. The highest BCUT2D eigenvalue weighted by Gasteiger charge is 2.31. The van der Waals surface area contributed by atoms with Crippen molar-refractivity contribution in [1.29, 1.82) is 0 Å². The van der Waals surface area contributed by atoms with Gasteiger partial charge in [0.05, 0.1) is 10.9 Å². The number of amides is 1. The number of carbonyl (C=O) groups excluding carboxylic acids is 1. The van der Waals surface area contributed by atoms with Gasteiger partial charge in [-0.25, -0.2) is 0 Å². The molecule has 2 aliphatic rings. The highest BCUT2D eigenvalue weighted by atomic mass is 35.5. The van der Waals surface area contributed by atoms with E-state index in [9.17, 15) is 4.79 Å². The first-order valence-corrected chi connectivity index (χ1v) is 10.6. The monoisotopic (exact) mass is 401 g/mol. The van der Waals surface area contributed by atoms with Crippen molar-refractivity contribution in [3.8, 4) is 0 Å². The van der Waals surface area contributed by atoms with Gasteiger partial charge in [0.1, 0.15) is 0 Å². The number of carbonyl (C=O) groups is 1. The molecule has 2 heterocycles. The smallest absolute Gasteiger partial charge is 0.240 e. The largest absolute Gasteiger partial charge is 0.369 e. The summed E-state index contributed by atoms with van der Waals surface area (Å²) in [7, 11) is 1.89. The maximum absolute atomic E-state index is 12.7. The molecule has 0 saturated carbocycles. The second-order valence-electron chi connectivity index (χ2n) is 7.07. The van der Waals surface area contributed by atoms with Crippen LogP contribution in [-0.4, -0.2) is 55.8 Å². The fourth-order valence-electron chi connectivity index (χ4n) is 3.76. The predicted octanol–water partition coefficient (Wildman–Crippen LogP) is 3.99. The van der Waals surface area contributed by atoms with Gasteiger partial charge in [0.2, 0.25) is 5.91 Å². The Morgan fingerprint density at radius 1 is 1.07 bits per heavy atom. The van der Waals surface area contributed by atoms with Crippen LogP contribution >= 0.6 is 23.4 Å². The molecule has 1 amide bonds. The van der Waals surface area contributed by atoms with Crippen molar-refractivity contribution >= 4 is 40.6 Å². The lowest BCUT2D eigenvalue weighted by molar-refractivity contribution is -0.118. The highest BCUT2D eigenvalue weighted by Crippen LogP contribution is 2.39. The maximum atomic E-state index is 12.7. The number of thioether (sulfide) groups is 1. The maximum Gasteiger partial charge on any atom is 0.240 e. The van der Waals surface area contributed by atoms with Gasteiger partial charge in [0.25, 0.3) is 0 Å². The van der Waals surface area contributed by atoms with Gasteiger partial charge >= 0.3 is 0 Å². The summed E-state index contributed by atoms with van der Waals surface area (Å²) in [5.41, 5.74) is 2.22. The zero-order valence-corrected chi connectivity index (χ0v) is 17.0. The number of fused-ring (bicyclic) bond motifs is 1. The molecule has 4 nitrogen and oxygen atoms in total. The zero-order valence-electron chi connectivity index (χ0n) is 15.5. The van der Waals surface area contributed by atoms with Crippen LogP contribution < -0.4 is 9.80 Å². The van der Waals surface area contributed by atoms with Crippen molar-refractivity contribution in [2.24, 2.45) is 0 Å². The van der Waals surface area contributed by atoms with Gasteiger partial charge < -0.3 is 9.80 Å². The Labute approximate surface area is 170 Å². The van der Waals surface area contributed by atoms with Crippen LogP contribution in [0, 0.1) is 0 Å². The summed E-state index contributed by atoms with van der Waals surface area (Å²) >= 11 is 7.83. The molecule has 1 saturated heterocycles. The van der Waals surface area contributed by atoms with Gasteiger partial charge in [-0.3, -0.25) is 9.69 Å². The van der Waals surface area contributed by atoms with E-state index in [4.69, 9.17) is 11.6 Å². The third-order valence-electron chi connectivity index (χ3n) is 5.36. The summed E-state index contributed by atoms with van der Waals surface area (Å²) in [6.45, 7) is 4.99. The second kappa shape index (κ2) is 8.13. The Hall–Kier alpha value is -1.69. The van der Waals surface area contributed by atoms with Gasteiger partial charge in [0.15, 0.2) is 0 Å². The summed E-state index contributed by atoms with van der Waals surface area (Å²) in [6.07, 6.45) is 0.888. The predicted molar refractivity (Wildman–Crippen MR) is 114 cm³/mol. The molecule has 2 aromatic carbocycles. The van der Waals surface area contributed by atoms with Crippen LogP contribution in [-0.2, 0) is 4.79 Å². The summed E-state index contributed by atoms with van der Waals surface area (Å²) < 4.78 is 0. The van der Waals surface area contributed by atoms with Crippen LogP contribution in [0.5, 0.6) is 0 Å². The fourth-order valence-corrected chi connectivity index (χ4v) is 5.21. The van der Waals surface area contributed by atoms with E-state index in [2.05, 4.69) is 21.9 Å². The van der Waals surface area contributed by atoms with Gasteiger partial charge in [-0.15, -0.1) is 11.8 Å². The van der Waals surface area contributed by atoms with E-state index in [1.807, 2.05) is 48.3 Å². The summed E-state index contributed by atoms with van der Waals surface area (Å²) in [5, 5.41) is 0.794. The number of nitrogens with zero attached hydrogens (tertiary/aromatic N) is 3. The van der Waals surface area contributed by atoms with Crippen LogP contribution in [0.1, 0.15) is 6.42 Å². The van der Waals surface area contributed by atoms with Crippen LogP contribution in [0.2, 0.25) is 5.02 Å². The quantitative estimate of drug-likeness (QED) is 0.774. The molecule has 0 radical (unpaired) electrons. The minimum Gasteiger partial charge on any atom is -0.369 e. The molecular weight excluding hydrogens is 378 g/mol. The van der Waals surface area contributed by atoms with Crippen molar-refractivity contribution in [2.75, 3.05) is 49.6 Å². The number of piperazine rings is 1. The van der Waals surface area contributed by atoms with Gasteiger partial charge in [-0.2, -0.15) is 0 Å². The van der Waals surface area contributed by atoms with Crippen LogP contribution in [0.25, 0.3) is 0 Å². The normalized spacial score (nSPS) is 20.7. The van der Waals surface area contributed by atoms with Crippen molar-refractivity contribution < 1.29 is 4.79 Å². The number of anilines is 2. The minimum atomic E-state index is 0.0101. The molecule has 6 heteroatoms. The molecule has 0 aromatic heterocycles. The van der Waals surface area contributed by atoms with Gasteiger partial charge in [-0.05, 0) is 43.3 Å². The Balaban J connectivity index is 1.31. The zero-order chi connectivity index (χ0) is 18.8. The Bertz CT molecular complexity index is 823. The van der Waals surface area contributed by atoms with Crippen molar-refractivity contribution in [3.05, 3.63) is 53.6 Å². The molecule has 0 aliphatic carbocycles. The molecular formula is C21H24ClN3OS. The first kappa shape index (κ1) is 18.7. The Morgan fingerprint density at radius 2 is 1.85 bits per heavy atom. The van der Waals surface area contributed by atoms with E-state index in [1.165, 1.54) is 10.6 Å². The molecule has 27 heavy (non-hydrogen) atoms. The van der Waals surface area contributed by atoms with E-state index in [1.54, 1.807) is 11.8 Å². The molecule has 1 atom stereocenters. The third kappa shape index (κ3) is 4.10. The molecule has 2 aliphatic heterocycles. The lowest BCUT2D eigenvalue weighted by Gasteiger charge is -2.37. The highest BCUT2D eigenvalue weighted by molar-refractivity contribution is 8.01. The molecule has 1 fully saturated rings. The SMILES string of the molecule is CN1C(=O)C(CCN2CCN(c3cccc(Cl)c3)CC2)Sc2ccccc21. The van der Waals surface area contributed by atoms with Crippen molar-refractivity contribution in [2.45, 2.75) is 16.6 Å². The van der Waals surface area contributed by atoms with Gasteiger partial charge in [-0.1, -0.05) is 29.8 Å². The third-order valence-corrected chi connectivity index (χ3v) is 6.91. The number of rotatable bonds is 4. The summed E-state index contributed by atoms with van der Waals surface area (Å²) in [4.78, 5) is 20.6. The van der Waals surface area contributed by atoms with Crippen LogP contribution in [0.15, 0.2) is 53.4 Å². The molecule has 0 N–H and O–H groups in total. The van der Waals surface area contributed by atoms with E-state index in [-0.39, 0.29) is 11.2 Å². The van der Waals surface area contributed by atoms with Crippen LogP contribution in [0.3, 0.4) is 0 Å². The van der Waals surface area contributed by atoms with E-state index >= 15 is 0 Å².